The highest BCUT2D eigenvalue weighted by molar-refractivity contribution is 6.06. The van der Waals surface area contributed by atoms with Crippen LogP contribution in [0.3, 0.4) is 0 Å². The first kappa shape index (κ1) is 22.1. The molecular formula is C22H27N3O4. The molecule has 0 saturated heterocycles. The first-order valence-corrected chi connectivity index (χ1v) is 9.43. The second kappa shape index (κ2) is 8.86. The van der Waals surface area contributed by atoms with Crippen molar-refractivity contribution >= 4 is 29.2 Å². The molecule has 29 heavy (non-hydrogen) atoms. The maximum Gasteiger partial charge on any atom is 0.339 e. The lowest BCUT2D eigenvalue weighted by Crippen LogP contribution is -2.37. The third kappa shape index (κ3) is 5.40. The van der Waals surface area contributed by atoms with Gasteiger partial charge in [-0.3, -0.25) is 9.59 Å². The fourth-order valence-electron chi connectivity index (χ4n) is 2.71. The number of Topliss-reactive ketones (excluding diaryl/α,β-unsaturated/α-hetero) is 1. The average molecular weight is 397 g/mol. The molecule has 7 heteroatoms. The van der Waals surface area contributed by atoms with Crippen molar-refractivity contribution in [3.63, 3.8) is 0 Å². The second-order valence-electron chi connectivity index (χ2n) is 7.86. The van der Waals surface area contributed by atoms with Crippen LogP contribution < -0.4 is 10.2 Å². The number of anilines is 2. The van der Waals surface area contributed by atoms with Crippen molar-refractivity contribution in [2.45, 2.75) is 34.6 Å². The van der Waals surface area contributed by atoms with Crippen LogP contribution in [0.25, 0.3) is 0 Å². The van der Waals surface area contributed by atoms with Crippen molar-refractivity contribution in [1.29, 1.82) is 0 Å². The Morgan fingerprint density at radius 3 is 2.34 bits per heavy atom. The number of hydrogen-bond acceptors (Lipinski definition) is 5. The molecule has 2 N–H and O–H groups in total. The van der Waals surface area contributed by atoms with E-state index in [1.54, 1.807) is 17.0 Å². The van der Waals surface area contributed by atoms with Gasteiger partial charge in [0.15, 0.2) is 5.78 Å². The van der Waals surface area contributed by atoms with Crippen LogP contribution >= 0.6 is 0 Å². The maximum atomic E-state index is 12.5. The fourth-order valence-corrected chi connectivity index (χ4v) is 2.71. The number of aromatic carboxylic acids is 1. The normalized spacial score (nSPS) is 11.1. The predicted octanol–water partition coefficient (Wildman–Crippen LogP) is 3.78. The van der Waals surface area contributed by atoms with Crippen molar-refractivity contribution < 1.29 is 19.5 Å². The number of likely N-dealkylation sites (N-methyl/N-ethyl adjacent to an activating group) is 1. The van der Waals surface area contributed by atoms with Gasteiger partial charge in [0.1, 0.15) is 11.4 Å². The molecule has 154 valence electrons. The lowest BCUT2D eigenvalue weighted by Gasteiger charge is -2.26. The number of pyridine rings is 1. The van der Waals surface area contributed by atoms with Gasteiger partial charge in [0, 0.05) is 17.5 Å². The summed E-state index contributed by atoms with van der Waals surface area (Å²) in [4.78, 5) is 42.6. The third-order valence-electron chi connectivity index (χ3n) is 4.60. The molecule has 1 amide bonds. The Balaban J connectivity index is 2.32. The molecule has 1 aromatic heterocycles. The van der Waals surface area contributed by atoms with E-state index in [0.717, 1.165) is 5.56 Å². The van der Waals surface area contributed by atoms with Crippen molar-refractivity contribution in [2.24, 2.45) is 5.41 Å². The minimum Gasteiger partial charge on any atom is -0.478 e. The molecule has 0 aliphatic carbocycles. The minimum atomic E-state index is -1.18. The van der Waals surface area contributed by atoms with E-state index >= 15 is 0 Å². The number of rotatable bonds is 7. The van der Waals surface area contributed by atoms with E-state index in [0.29, 0.717) is 12.1 Å². The summed E-state index contributed by atoms with van der Waals surface area (Å²) in [6.07, 6.45) is 1.40. The largest absolute Gasteiger partial charge is 0.478 e. The summed E-state index contributed by atoms with van der Waals surface area (Å²) in [6, 6.07) is 8.48. The van der Waals surface area contributed by atoms with Gasteiger partial charge in [0.2, 0.25) is 0 Å². The lowest BCUT2D eigenvalue weighted by atomic mass is 9.90. The molecule has 0 aliphatic rings. The zero-order chi connectivity index (χ0) is 21.8. The monoisotopic (exact) mass is 397 g/mol. The molecule has 0 aliphatic heterocycles. The summed E-state index contributed by atoms with van der Waals surface area (Å²) in [6.45, 7) is 9.59. The number of amides is 1. The topological polar surface area (TPSA) is 99.6 Å². The second-order valence-corrected chi connectivity index (χ2v) is 7.86. The summed E-state index contributed by atoms with van der Waals surface area (Å²) in [5.41, 5.74) is 0.970. The van der Waals surface area contributed by atoms with Crippen molar-refractivity contribution in [2.75, 3.05) is 23.3 Å². The molecule has 0 bridgehead atoms. The SMILES string of the molecule is CCN(CC(=O)C(C)(C)C)c1ncc(NC(=O)c2ccccc2C)cc1C(=O)O. The van der Waals surface area contributed by atoms with Gasteiger partial charge in [-0.1, -0.05) is 39.0 Å². The first-order chi connectivity index (χ1) is 13.5. The van der Waals surface area contributed by atoms with E-state index in [2.05, 4.69) is 10.3 Å². The number of nitrogens with one attached hydrogen (secondary N) is 1. The minimum absolute atomic E-state index is 0.0191. The number of aryl methyl sites for hydroxylation is 1. The average Bonchev–Trinajstić information content (AvgIpc) is 2.65. The molecule has 0 fully saturated rings. The number of aromatic nitrogens is 1. The van der Waals surface area contributed by atoms with Crippen molar-refractivity contribution in [3.8, 4) is 0 Å². The number of ketones is 1. The molecule has 0 radical (unpaired) electrons. The van der Waals surface area contributed by atoms with E-state index in [1.165, 1.54) is 12.3 Å². The van der Waals surface area contributed by atoms with Crippen LogP contribution in [0.4, 0.5) is 11.5 Å². The van der Waals surface area contributed by atoms with E-state index < -0.39 is 11.4 Å². The molecule has 0 atom stereocenters. The van der Waals surface area contributed by atoms with E-state index in [9.17, 15) is 19.5 Å². The van der Waals surface area contributed by atoms with Crippen molar-refractivity contribution in [1.82, 2.24) is 4.98 Å². The molecule has 0 spiro atoms. The predicted molar refractivity (Wildman–Crippen MR) is 113 cm³/mol. The van der Waals surface area contributed by atoms with Crippen LogP contribution in [0.1, 0.15) is 54.0 Å². The Hall–Kier alpha value is -3.22. The fraction of sp³-hybridized carbons (Fsp3) is 0.364. The summed E-state index contributed by atoms with van der Waals surface area (Å²) in [7, 11) is 0. The van der Waals surface area contributed by atoms with Crippen molar-refractivity contribution in [3.05, 3.63) is 53.2 Å². The molecule has 1 heterocycles. The third-order valence-corrected chi connectivity index (χ3v) is 4.60. The van der Waals surface area contributed by atoms with Crippen LogP contribution in [0.15, 0.2) is 36.5 Å². The smallest absolute Gasteiger partial charge is 0.339 e. The number of carboxylic acids is 1. The number of carbonyl (C=O) groups is 3. The van der Waals surface area contributed by atoms with Gasteiger partial charge in [0.25, 0.3) is 5.91 Å². The van der Waals surface area contributed by atoms with Gasteiger partial charge >= 0.3 is 5.97 Å². The molecule has 1 aromatic carbocycles. The van der Waals surface area contributed by atoms with Crippen LogP contribution in [0.2, 0.25) is 0 Å². The van der Waals surface area contributed by atoms with Gasteiger partial charge in [-0.05, 0) is 31.5 Å². The standard InChI is InChI=1S/C22H27N3O4/c1-6-25(13-18(26)22(3,4)5)19-17(21(28)29)11-15(12-23-19)24-20(27)16-10-8-7-9-14(16)2/h7-12H,6,13H2,1-5H3,(H,24,27)(H,28,29). The highest BCUT2D eigenvalue weighted by atomic mass is 16.4. The maximum absolute atomic E-state index is 12.5. The number of carbonyl (C=O) groups excluding carboxylic acids is 2. The van der Waals surface area contributed by atoms with Gasteiger partial charge in [-0.15, -0.1) is 0 Å². The van der Waals surface area contributed by atoms with Gasteiger partial charge in [-0.25, -0.2) is 9.78 Å². The number of hydrogen-bond donors (Lipinski definition) is 2. The number of nitrogens with zero attached hydrogens (tertiary/aromatic N) is 2. The Bertz CT molecular complexity index is 932. The Kier molecular flexibility index (Phi) is 6.74. The molecule has 2 rings (SSSR count). The zero-order valence-corrected chi connectivity index (χ0v) is 17.4. The van der Waals surface area contributed by atoms with Crippen LogP contribution in [0, 0.1) is 12.3 Å². The van der Waals surface area contributed by atoms with E-state index in [1.807, 2.05) is 46.8 Å². The van der Waals surface area contributed by atoms with Gasteiger partial charge < -0.3 is 15.3 Å². The number of carboxylic acid groups (broad SMARTS) is 1. The summed E-state index contributed by atoms with van der Waals surface area (Å²) >= 11 is 0. The molecule has 7 nitrogen and oxygen atoms in total. The molecule has 0 saturated carbocycles. The Morgan fingerprint density at radius 2 is 1.79 bits per heavy atom. The van der Waals surface area contributed by atoms with Gasteiger partial charge in [0.05, 0.1) is 18.4 Å². The Labute approximate surface area is 170 Å². The molecule has 2 aromatic rings. The lowest BCUT2D eigenvalue weighted by molar-refractivity contribution is -0.124. The van der Waals surface area contributed by atoms with E-state index in [4.69, 9.17) is 0 Å². The number of benzene rings is 1. The van der Waals surface area contributed by atoms with Crippen LogP contribution in [-0.4, -0.2) is 40.8 Å². The molecule has 0 unspecified atom stereocenters. The van der Waals surface area contributed by atoms with E-state index in [-0.39, 0.29) is 35.3 Å². The summed E-state index contributed by atoms with van der Waals surface area (Å²) in [5, 5.41) is 12.4. The highest BCUT2D eigenvalue weighted by Crippen LogP contribution is 2.24. The quantitative estimate of drug-likeness (QED) is 0.737. The molecular weight excluding hydrogens is 370 g/mol. The van der Waals surface area contributed by atoms with Gasteiger partial charge in [-0.2, -0.15) is 0 Å². The zero-order valence-electron chi connectivity index (χ0n) is 17.4. The highest BCUT2D eigenvalue weighted by Gasteiger charge is 2.26. The first-order valence-electron chi connectivity index (χ1n) is 9.43. The summed E-state index contributed by atoms with van der Waals surface area (Å²) in [5.74, 6) is -1.34. The van der Waals surface area contributed by atoms with Crippen LogP contribution in [0.5, 0.6) is 0 Å². The van der Waals surface area contributed by atoms with Crippen LogP contribution in [-0.2, 0) is 4.79 Å². The Morgan fingerprint density at radius 1 is 1.14 bits per heavy atom. The summed E-state index contributed by atoms with van der Waals surface area (Å²) < 4.78 is 0.